The van der Waals surface area contributed by atoms with Crippen molar-refractivity contribution < 1.29 is 9.53 Å². The minimum Gasteiger partial charge on any atom is -0.474 e. The second-order valence-electron chi connectivity index (χ2n) is 6.46. The highest BCUT2D eigenvalue weighted by Crippen LogP contribution is 2.25. The first-order valence-electron chi connectivity index (χ1n) is 8.80. The zero-order valence-corrected chi connectivity index (χ0v) is 15.8. The zero-order chi connectivity index (χ0) is 18.5. The summed E-state index contributed by atoms with van der Waals surface area (Å²) < 4.78 is 7.57. The van der Waals surface area contributed by atoms with Crippen molar-refractivity contribution in [3.8, 4) is 5.88 Å². The van der Waals surface area contributed by atoms with E-state index in [-0.39, 0.29) is 12.0 Å². The molecule has 0 radical (unpaired) electrons. The fourth-order valence-corrected chi connectivity index (χ4v) is 3.30. The minimum absolute atomic E-state index is 0.208. The van der Waals surface area contributed by atoms with E-state index >= 15 is 0 Å². The number of ether oxygens (including phenoxy) is 1. The number of nitrogens with one attached hydrogen (secondary N) is 1. The molecular weight excluding hydrogens is 352 g/mol. The molecular formula is C19H23ClN4O2. The summed E-state index contributed by atoms with van der Waals surface area (Å²) in [7, 11) is 1.76. The molecule has 0 spiro atoms. The quantitative estimate of drug-likeness (QED) is 0.786. The van der Waals surface area contributed by atoms with E-state index in [9.17, 15) is 4.79 Å². The number of aryl methyl sites for hydroxylation is 2. The van der Waals surface area contributed by atoms with Crippen LogP contribution in [0.15, 0.2) is 24.4 Å². The monoisotopic (exact) mass is 374 g/mol. The van der Waals surface area contributed by atoms with Crippen LogP contribution in [-0.4, -0.2) is 26.8 Å². The Morgan fingerprint density at radius 1 is 1.46 bits per heavy atom. The Bertz CT molecular complexity index is 810. The molecule has 7 heteroatoms. The first-order chi connectivity index (χ1) is 12.5. The van der Waals surface area contributed by atoms with Gasteiger partial charge in [0.1, 0.15) is 11.3 Å². The van der Waals surface area contributed by atoms with Gasteiger partial charge in [0.15, 0.2) is 0 Å². The molecule has 1 amide bonds. The van der Waals surface area contributed by atoms with Gasteiger partial charge in [-0.2, -0.15) is 5.10 Å². The van der Waals surface area contributed by atoms with Gasteiger partial charge in [0.25, 0.3) is 0 Å². The second-order valence-corrected chi connectivity index (χ2v) is 6.81. The topological polar surface area (TPSA) is 69.0 Å². The molecule has 2 aromatic heterocycles. The van der Waals surface area contributed by atoms with Crippen molar-refractivity contribution in [2.24, 2.45) is 7.05 Å². The highest BCUT2D eigenvalue weighted by Gasteiger charge is 2.18. The van der Waals surface area contributed by atoms with Crippen LogP contribution in [0.4, 0.5) is 0 Å². The Labute approximate surface area is 158 Å². The predicted octanol–water partition coefficient (Wildman–Crippen LogP) is 3.43. The molecule has 1 N–H and O–H groups in total. The van der Waals surface area contributed by atoms with E-state index in [1.54, 1.807) is 24.0 Å². The number of carbonyl (C=O) groups is 1. The first-order valence-corrected chi connectivity index (χ1v) is 9.18. The van der Waals surface area contributed by atoms with Crippen LogP contribution in [-0.2, 0) is 18.4 Å². The summed E-state index contributed by atoms with van der Waals surface area (Å²) in [5, 5.41) is 7.59. The van der Waals surface area contributed by atoms with Gasteiger partial charge < -0.3 is 10.1 Å². The number of halogens is 1. The molecule has 2 aromatic rings. The number of pyridine rings is 1. The minimum atomic E-state index is -0.208. The van der Waals surface area contributed by atoms with E-state index in [0.29, 0.717) is 17.6 Å². The van der Waals surface area contributed by atoms with Crippen molar-refractivity contribution in [1.29, 1.82) is 0 Å². The third-order valence-electron chi connectivity index (χ3n) is 4.48. The van der Waals surface area contributed by atoms with Gasteiger partial charge in [0.05, 0.1) is 5.69 Å². The van der Waals surface area contributed by atoms with Gasteiger partial charge >= 0.3 is 0 Å². The van der Waals surface area contributed by atoms with Crippen LogP contribution in [0.25, 0.3) is 6.08 Å². The number of hydrogen-bond donors (Lipinski definition) is 1. The van der Waals surface area contributed by atoms with Gasteiger partial charge in [-0.3, -0.25) is 9.48 Å². The third kappa shape index (κ3) is 4.43. The molecule has 3 rings (SSSR count). The number of carbonyl (C=O) groups excluding carboxylic acids is 1. The fourth-order valence-electron chi connectivity index (χ4n) is 3.06. The molecule has 1 saturated carbocycles. The summed E-state index contributed by atoms with van der Waals surface area (Å²) in [6.07, 6.45) is 9.61. The summed E-state index contributed by atoms with van der Waals surface area (Å²) in [6.45, 7) is 2.21. The van der Waals surface area contributed by atoms with Crippen molar-refractivity contribution in [3.63, 3.8) is 0 Å². The molecule has 0 saturated heterocycles. The maximum Gasteiger partial charge on any atom is 0.244 e. The highest BCUT2D eigenvalue weighted by atomic mass is 35.5. The van der Waals surface area contributed by atoms with Gasteiger partial charge in [-0.05, 0) is 44.7 Å². The molecule has 0 unspecified atom stereocenters. The first kappa shape index (κ1) is 18.5. The van der Waals surface area contributed by atoms with Crippen molar-refractivity contribution in [2.45, 2.75) is 45.3 Å². The van der Waals surface area contributed by atoms with E-state index in [1.165, 1.54) is 18.9 Å². The number of hydrogen-bond acceptors (Lipinski definition) is 4. The average molecular weight is 375 g/mol. The maximum absolute atomic E-state index is 12.1. The van der Waals surface area contributed by atoms with Crippen LogP contribution in [0, 0.1) is 6.92 Å². The lowest BCUT2D eigenvalue weighted by Gasteiger charge is -2.15. The van der Waals surface area contributed by atoms with Gasteiger partial charge in [-0.15, -0.1) is 0 Å². The molecule has 6 nitrogen and oxygen atoms in total. The molecule has 138 valence electrons. The summed E-state index contributed by atoms with van der Waals surface area (Å²) >= 11 is 6.16. The van der Waals surface area contributed by atoms with Crippen LogP contribution in [0.5, 0.6) is 5.88 Å². The SMILES string of the molecule is Cc1nn(C)c(Cl)c1/C=C/C(=O)NCc1cccnc1OC1CCCC1. The highest BCUT2D eigenvalue weighted by molar-refractivity contribution is 6.31. The Balaban J connectivity index is 1.60. The Morgan fingerprint density at radius 2 is 2.23 bits per heavy atom. The van der Waals surface area contributed by atoms with Crippen molar-refractivity contribution in [1.82, 2.24) is 20.1 Å². The molecule has 0 bridgehead atoms. The standard InChI is InChI=1S/C19H23ClN4O2/c1-13-16(18(20)24(2)23-13)9-10-17(25)22-12-14-6-5-11-21-19(14)26-15-7-3-4-8-15/h5-6,9-11,15H,3-4,7-8,12H2,1-2H3,(H,22,25)/b10-9+. The number of nitrogens with zero attached hydrogens (tertiary/aromatic N) is 3. The number of rotatable bonds is 6. The second kappa shape index (κ2) is 8.36. The normalized spacial score (nSPS) is 14.9. The van der Waals surface area contributed by atoms with Crippen molar-refractivity contribution in [3.05, 3.63) is 46.4 Å². The fraction of sp³-hybridized carbons (Fsp3) is 0.421. The molecule has 2 heterocycles. The van der Waals surface area contributed by atoms with Gasteiger partial charge in [0.2, 0.25) is 11.8 Å². The molecule has 1 aliphatic rings. The Kier molecular flexibility index (Phi) is 5.93. The van der Waals surface area contributed by atoms with Crippen molar-refractivity contribution in [2.75, 3.05) is 0 Å². The van der Waals surface area contributed by atoms with E-state index in [0.717, 1.165) is 29.7 Å². The number of amides is 1. The lowest BCUT2D eigenvalue weighted by Crippen LogP contribution is -2.22. The van der Waals surface area contributed by atoms with E-state index in [1.807, 2.05) is 19.1 Å². The molecule has 0 atom stereocenters. The lowest BCUT2D eigenvalue weighted by atomic mass is 10.2. The maximum atomic E-state index is 12.1. The van der Waals surface area contributed by atoms with Crippen LogP contribution >= 0.6 is 11.6 Å². The van der Waals surface area contributed by atoms with Crippen LogP contribution in [0.1, 0.15) is 42.5 Å². The summed E-state index contributed by atoms with van der Waals surface area (Å²) in [5.74, 6) is 0.398. The molecule has 0 aliphatic heterocycles. The van der Waals surface area contributed by atoms with Crippen molar-refractivity contribution >= 4 is 23.6 Å². The van der Waals surface area contributed by atoms with Crippen LogP contribution < -0.4 is 10.1 Å². The van der Waals surface area contributed by atoms with Gasteiger partial charge in [0, 0.05) is 37.0 Å². The van der Waals surface area contributed by atoms with E-state index < -0.39 is 0 Å². The largest absolute Gasteiger partial charge is 0.474 e. The van der Waals surface area contributed by atoms with E-state index in [2.05, 4.69) is 15.4 Å². The molecule has 0 aromatic carbocycles. The smallest absolute Gasteiger partial charge is 0.244 e. The molecule has 26 heavy (non-hydrogen) atoms. The zero-order valence-electron chi connectivity index (χ0n) is 15.0. The summed E-state index contributed by atoms with van der Waals surface area (Å²) in [5.41, 5.74) is 2.40. The number of aromatic nitrogens is 3. The third-order valence-corrected chi connectivity index (χ3v) is 4.93. The Morgan fingerprint density at radius 3 is 2.92 bits per heavy atom. The molecule has 1 fully saturated rings. The van der Waals surface area contributed by atoms with Crippen LogP contribution in [0.2, 0.25) is 5.15 Å². The Hall–Kier alpha value is -2.34. The summed E-state index contributed by atoms with van der Waals surface area (Å²) in [4.78, 5) is 16.5. The van der Waals surface area contributed by atoms with Gasteiger partial charge in [-0.1, -0.05) is 17.7 Å². The van der Waals surface area contributed by atoms with E-state index in [4.69, 9.17) is 16.3 Å². The molecule has 1 aliphatic carbocycles. The van der Waals surface area contributed by atoms with Crippen LogP contribution in [0.3, 0.4) is 0 Å². The lowest BCUT2D eigenvalue weighted by molar-refractivity contribution is -0.116. The van der Waals surface area contributed by atoms with Gasteiger partial charge in [-0.25, -0.2) is 4.98 Å². The average Bonchev–Trinajstić information content (AvgIpc) is 3.21. The summed E-state index contributed by atoms with van der Waals surface area (Å²) in [6, 6.07) is 3.76. The predicted molar refractivity (Wildman–Crippen MR) is 101 cm³/mol.